The van der Waals surface area contributed by atoms with Crippen LogP contribution in [0.4, 0.5) is 0 Å². The molecule has 0 saturated heterocycles. The van der Waals surface area contributed by atoms with Crippen LogP contribution in [0.25, 0.3) is 0 Å². The van der Waals surface area contributed by atoms with Crippen LogP contribution in [0, 0.1) is 0 Å². The molecule has 0 aromatic heterocycles. The first-order chi connectivity index (χ1) is 3.06. The summed E-state index contributed by atoms with van der Waals surface area (Å²) in [6.45, 7) is 1.11. The van der Waals surface area contributed by atoms with Crippen molar-refractivity contribution in [3.63, 3.8) is 0 Å². The van der Waals surface area contributed by atoms with E-state index in [1.54, 1.807) is 0 Å². The summed E-state index contributed by atoms with van der Waals surface area (Å²) in [7, 11) is 6.16. The van der Waals surface area contributed by atoms with E-state index in [2.05, 4.69) is 21.1 Å². The van der Waals surface area contributed by atoms with Crippen LogP contribution < -0.4 is 37.2 Å². The van der Waals surface area contributed by atoms with Gasteiger partial charge in [0.05, 0.1) is 27.7 Å². The van der Waals surface area contributed by atoms with E-state index in [0.29, 0.717) is 0 Å². The van der Waals surface area contributed by atoms with Gasteiger partial charge >= 0.3 is 27.3 Å². The van der Waals surface area contributed by atoms with Crippen LogP contribution in [-0.4, -0.2) is 43.9 Å². The summed E-state index contributed by atoms with van der Waals surface area (Å²) in [6, 6.07) is 0. The zero-order valence-corrected chi connectivity index (χ0v) is 13.5. The molecule has 0 bridgehead atoms. The molecule has 68 valence electrons. The molecule has 0 rings (SSSR count). The van der Waals surface area contributed by atoms with Crippen LogP contribution >= 0.6 is 0 Å². The molecule has 0 aromatic rings. The summed E-state index contributed by atoms with van der Waals surface area (Å²) in [4.78, 5) is 0. The van der Waals surface area contributed by atoms with Crippen LogP contribution in [0.15, 0.2) is 0 Å². The van der Waals surface area contributed by atoms with Crippen LogP contribution in [0.3, 0.4) is 0 Å². The summed E-state index contributed by atoms with van der Waals surface area (Å²) in [6.07, 6.45) is 0. The predicted molar refractivity (Wildman–Crippen MR) is 30.0 cm³/mol. The summed E-state index contributed by atoms with van der Waals surface area (Å²) < 4.78 is 0.844. The van der Waals surface area contributed by atoms with Crippen molar-refractivity contribution in [3.8, 4) is 0 Å². The maximum absolute atomic E-state index is 8.39. The molecule has 1 N–H and O–H groups in total. The summed E-state index contributed by atoms with van der Waals surface area (Å²) >= 11 is 0. The predicted octanol–water partition coefficient (Wildman–Crippen LogP) is -9.31. The van der Waals surface area contributed by atoms with Gasteiger partial charge in [-0.05, 0) is 0 Å². The Hall–Kier alpha value is 1.71. The minimum Gasteiger partial charge on any atom is -1.00 e. The number of likely N-dealkylation sites (N-methyl/N-ethyl adjacent to an activating group) is 1. The monoisotopic (exact) mass is 323 g/mol. The third kappa shape index (κ3) is 33.9. The van der Waals surface area contributed by atoms with Crippen molar-refractivity contribution in [3.05, 3.63) is 0 Å². The van der Waals surface area contributed by atoms with E-state index < -0.39 is 0 Å². The molecule has 0 aliphatic carbocycles. The van der Waals surface area contributed by atoms with Gasteiger partial charge in [-0.2, -0.15) is 0 Å². The Bertz CT molecular complexity index is 60.2. The molecular formula is C5H14CdCl3NO. The Morgan fingerprint density at radius 1 is 1.00 bits per heavy atom. The molecule has 0 aliphatic heterocycles. The van der Waals surface area contributed by atoms with Crippen molar-refractivity contribution < 1.29 is 74.1 Å². The molecule has 0 fully saturated rings. The minimum absolute atomic E-state index is 0. The number of quaternary nitrogens is 1. The van der Waals surface area contributed by atoms with Gasteiger partial charge in [0.25, 0.3) is 0 Å². The van der Waals surface area contributed by atoms with Crippen molar-refractivity contribution in [2.45, 2.75) is 0 Å². The number of rotatable bonds is 2. The van der Waals surface area contributed by atoms with Gasteiger partial charge in [-0.1, -0.05) is 0 Å². The molecule has 0 saturated carbocycles. The van der Waals surface area contributed by atoms with Crippen LogP contribution in [0.1, 0.15) is 0 Å². The average molecular weight is 323 g/mol. The fourth-order valence-corrected chi connectivity index (χ4v) is 0.300. The third-order valence-corrected chi connectivity index (χ3v) is 0.771. The second-order valence-electron chi connectivity index (χ2n) is 2.74. The second kappa shape index (κ2) is 14.2. The fourth-order valence-electron chi connectivity index (χ4n) is 0.300. The maximum Gasteiger partial charge on any atom is 2.00 e. The topological polar surface area (TPSA) is 20.2 Å². The average Bonchev–Trinajstić information content (AvgIpc) is 1.30. The molecule has 0 spiro atoms. The van der Waals surface area contributed by atoms with Gasteiger partial charge in [-0.25, -0.2) is 0 Å². The smallest absolute Gasteiger partial charge is 1.00 e. The number of hydrogen-bond donors (Lipinski definition) is 1. The van der Waals surface area contributed by atoms with Crippen molar-refractivity contribution in [2.75, 3.05) is 34.3 Å². The number of aliphatic hydroxyl groups excluding tert-OH is 1. The molecule has 0 unspecified atom stereocenters. The van der Waals surface area contributed by atoms with Gasteiger partial charge in [0.15, 0.2) is 0 Å². The number of aliphatic hydroxyl groups is 1. The normalized spacial score (nSPS) is 7.64. The van der Waals surface area contributed by atoms with E-state index in [1.807, 2.05) is 0 Å². The second-order valence-corrected chi connectivity index (χ2v) is 2.74. The van der Waals surface area contributed by atoms with Gasteiger partial charge in [-0.3, -0.25) is 0 Å². The Labute approximate surface area is 108 Å². The number of nitrogens with zero attached hydrogens (tertiary/aromatic N) is 1. The fraction of sp³-hybridized carbons (Fsp3) is 1.00. The molecule has 0 amide bonds. The summed E-state index contributed by atoms with van der Waals surface area (Å²) in [5.41, 5.74) is 0. The number of hydrogen-bond acceptors (Lipinski definition) is 1. The Kier molecular flexibility index (Phi) is 38.0. The Morgan fingerprint density at radius 2 is 1.27 bits per heavy atom. The van der Waals surface area contributed by atoms with Crippen LogP contribution in [0.2, 0.25) is 0 Å². The SMILES string of the molecule is C[N+](C)(C)CCO.[Cd+2].[Cl-].[Cl-].[Cl-]. The van der Waals surface area contributed by atoms with Gasteiger partial charge < -0.3 is 46.8 Å². The first-order valence-electron chi connectivity index (χ1n) is 2.47. The Morgan fingerprint density at radius 3 is 1.27 bits per heavy atom. The van der Waals surface area contributed by atoms with E-state index >= 15 is 0 Å². The van der Waals surface area contributed by atoms with E-state index in [0.717, 1.165) is 11.0 Å². The van der Waals surface area contributed by atoms with E-state index in [-0.39, 0.29) is 71.1 Å². The molecule has 0 radical (unpaired) electrons. The molecule has 0 aromatic carbocycles. The van der Waals surface area contributed by atoms with E-state index in [9.17, 15) is 0 Å². The van der Waals surface area contributed by atoms with E-state index in [1.165, 1.54) is 0 Å². The van der Waals surface area contributed by atoms with Crippen molar-refractivity contribution in [2.24, 2.45) is 0 Å². The number of halogens is 3. The van der Waals surface area contributed by atoms with Gasteiger partial charge in [0, 0.05) is 0 Å². The van der Waals surface area contributed by atoms with Crippen molar-refractivity contribution in [1.29, 1.82) is 0 Å². The first-order valence-corrected chi connectivity index (χ1v) is 2.47. The largest absolute Gasteiger partial charge is 2.00 e. The van der Waals surface area contributed by atoms with Crippen molar-refractivity contribution >= 4 is 0 Å². The summed E-state index contributed by atoms with van der Waals surface area (Å²) in [5, 5.41) is 8.39. The molecule has 0 heterocycles. The molecule has 0 atom stereocenters. The van der Waals surface area contributed by atoms with Crippen molar-refractivity contribution in [1.82, 2.24) is 0 Å². The van der Waals surface area contributed by atoms with Gasteiger partial charge in [0.1, 0.15) is 6.54 Å². The maximum atomic E-state index is 8.39. The molecule has 11 heavy (non-hydrogen) atoms. The molecule has 0 aliphatic rings. The van der Waals surface area contributed by atoms with Crippen LogP contribution in [-0.2, 0) is 27.3 Å². The Balaban J connectivity index is -0.0000000300. The molecule has 6 heteroatoms. The zero-order chi connectivity index (χ0) is 5.91. The third-order valence-electron chi connectivity index (χ3n) is 0.771. The standard InChI is InChI=1S/C5H14NO.Cd.3ClH/c1-6(2,3)4-5-7;;;;/h7H,4-5H2,1-3H3;;3*1H/q+1;+2;;;/p-3. The molecule has 2 nitrogen and oxygen atoms in total. The summed E-state index contributed by atoms with van der Waals surface area (Å²) in [5.74, 6) is 0. The molecular weight excluding hydrogens is 309 g/mol. The van der Waals surface area contributed by atoms with Gasteiger partial charge in [0.2, 0.25) is 0 Å². The zero-order valence-electron chi connectivity index (χ0n) is 7.15. The minimum atomic E-state index is 0. The first kappa shape index (κ1) is 29.3. The van der Waals surface area contributed by atoms with Crippen LogP contribution in [0.5, 0.6) is 0 Å². The van der Waals surface area contributed by atoms with E-state index in [4.69, 9.17) is 5.11 Å². The van der Waals surface area contributed by atoms with Gasteiger partial charge in [-0.15, -0.1) is 0 Å². The quantitative estimate of drug-likeness (QED) is 0.395.